The van der Waals surface area contributed by atoms with Gasteiger partial charge in [0.05, 0.1) is 26.9 Å². The summed E-state index contributed by atoms with van der Waals surface area (Å²) in [5, 5.41) is 8.15. The largest absolute Gasteiger partial charge is 0.493 e. The number of para-hydroxylation sites is 1. The Morgan fingerprint density at radius 2 is 1.50 bits per heavy atom. The lowest BCUT2D eigenvalue weighted by molar-refractivity contribution is 0.324. The number of ether oxygens (including phenoxy) is 3. The van der Waals surface area contributed by atoms with Crippen LogP contribution in [0.25, 0.3) is 22.9 Å². The first-order valence-electron chi connectivity index (χ1n) is 7.16. The van der Waals surface area contributed by atoms with E-state index in [4.69, 9.17) is 24.4 Å². The Kier molecular flexibility index (Phi) is 4.24. The van der Waals surface area contributed by atoms with Crippen LogP contribution in [0.3, 0.4) is 0 Å². The van der Waals surface area contributed by atoms with Crippen molar-refractivity contribution in [1.29, 1.82) is 0 Å². The zero-order valence-corrected chi connectivity index (χ0v) is 13.6. The Bertz CT molecular complexity index is 836. The molecule has 0 aliphatic carbocycles. The molecule has 0 aliphatic heterocycles. The molecular formula is C17H17N3O4. The van der Waals surface area contributed by atoms with Crippen molar-refractivity contribution in [3.63, 3.8) is 0 Å². The van der Waals surface area contributed by atoms with Gasteiger partial charge < -0.3 is 24.4 Å². The summed E-state index contributed by atoms with van der Waals surface area (Å²) in [6.07, 6.45) is 0. The Morgan fingerprint density at radius 1 is 0.875 bits per heavy atom. The van der Waals surface area contributed by atoms with Gasteiger partial charge in [-0.3, -0.25) is 0 Å². The molecule has 7 nitrogen and oxygen atoms in total. The number of hydrogen-bond donors (Lipinski definition) is 1. The molecule has 0 saturated heterocycles. The Hall–Kier alpha value is -3.22. The maximum atomic E-state index is 5.95. The van der Waals surface area contributed by atoms with Gasteiger partial charge in [0.15, 0.2) is 11.5 Å². The third-order valence-corrected chi connectivity index (χ3v) is 3.53. The summed E-state index contributed by atoms with van der Waals surface area (Å²) in [6.45, 7) is 0. The molecule has 24 heavy (non-hydrogen) atoms. The number of hydrogen-bond acceptors (Lipinski definition) is 7. The average Bonchev–Trinajstić information content (AvgIpc) is 3.10. The first-order chi connectivity index (χ1) is 11.7. The first-order valence-corrected chi connectivity index (χ1v) is 7.16. The standard InChI is InChI=1S/C17H17N3O4/c1-21-13-8-10(9-14(22-2)15(13)23-3)16-19-20-17(24-16)11-6-4-5-7-12(11)18/h4-9H,18H2,1-3H3. The van der Waals surface area contributed by atoms with Gasteiger partial charge in [-0.05, 0) is 24.3 Å². The van der Waals surface area contributed by atoms with Crippen LogP contribution in [0.5, 0.6) is 17.2 Å². The van der Waals surface area contributed by atoms with Crippen LogP contribution >= 0.6 is 0 Å². The Labute approximate surface area is 139 Å². The highest BCUT2D eigenvalue weighted by molar-refractivity contribution is 5.71. The van der Waals surface area contributed by atoms with E-state index in [1.54, 1.807) is 39.5 Å². The highest BCUT2D eigenvalue weighted by Gasteiger charge is 2.18. The number of nitrogens with two attached hydrogens (primary N) is 1. The van der Waals surface area contributed by atoms with E-state index in [1.807, 2.05) is 18.2 Å². The number of anilines is 1. The number of nitrogen functional groups attached to an aromatic ring is 1. The van der Waals surface area contributed by atoms with Gasteiger partial charge in [0.25, 0.3) is 0 Å². The zero-order chi connectivity index (χ0) is 17.1. The second-order valence-corrected chi connectivity index (χ2v) is 4.91. The lowest BCUT2D eigenvalue weighted by atomic mass is 10.1. The fourth-order valence-electron chi connectivity index (χ4n) is 2.35. The predicted molar refractivity (Wildman–Crippen MR) is 89.2 cm³/mol. The van der Waals surface area contributed by atoms with Crippen LogP contribution in [-0.2, 0) is 0 Å². The van der Waals surface area contributed by atoms with Crippen LogP contribution in [0, 0.1) is 0 Å². The second-order valence-electron chi connectivity index (χ2n) is 4.91. The molecular weight excluding hydrogens is 310 g/mol. The number of methoxy groups -OCH3 is 3. The minimum absolute atomic E-state index is 0.326. The molecule has 0 saturated carbocycles. The van der Waals surface area contributed by atoms with Gasteiger partial charge in [-0.25, -0.2) is 0 Å². The fraction of sp³-hybridized carbons (Fsp3) is 0.176. The average molecular weight is 327 g/mol. The van der Waals surface area contributed by atoms with Gasteiger partial charge >= 0.3 is 0 Å². The Morgan fingerprint density at radius 3 is 2.08 bits per heavy atom. The number of nitrogens with zero attached hydrogens (tertiary/aromatic N) is 2. The van der Waals surface area contributed by atoms with Crippen molar-refractivity contribution >= 4 is 5.69 Å². The van der Waals surface area contributed by atoms with E-state index in [9.17, 15) is 0 Å². The summed E-state index contributed by atoms with van der Waals surface area (Å²) in [5.41, 5.74) is 7.85. The highest BCUT2D eigenvalue weighted by Crippen LogP contribution is 2.41. The molecule has 124 valence electrons. The minimum Gasteiger partial charge on any atom is -0.493 e. The molecule has 3 aromatic rings. The fourth-order valence-corrected chi connectivity index (χ4v) is 2.35. The Balaban J connectivity index is 2.06. The van der Waals surface area contributed by atoms with E-state index in [1.165, 1.54) is 0 Å². The second kappa shape index (κ2) is 6.49. The molecule has 0 atom stereocenters. The number of benzene rings is 2. The van der Waals surface area contributed by atoms with Gasteiger partial charge in [-0.15, -0.1) is 10.2 Å². The SMILES string of the molecule is COc1cc(-c2nnc(-c3ccccc3N)o2)cc(OC)c1OC. The zero-order valence-electron chi connectivity index (χ0n) is 13.6. The quantitative estimate of drug-likeness (QED) is 0.720. The predicted octanol–water partition coefficient (Wildman–Crippen LogP) is 3.01. The number of aromatic nitrogens is 2. The summed E-state index contributed by atoms with van der Waals surface area (Å²) < 4.78 is 21.7. The van der Waals surface area contributed by atoms with E-state index >= 15 is 0 Å². The molecule has 0 aliphatic rings. The van der Waals surface area contributed by atoms with Crippen LogP contribution in [0.4, 0.5) is 5.69 Å². The molecule has 0 amide bonds. The lowest BCUT2D eigenvalue weighted by Crippen LogP contribution is -1.95. The van der Waals surface area contributed by atoms with Crippen molar-refractivity contribution in [2.75, 3.05) is 27.1 Å². The van der Waals surface area contributed by atoms with Crippen LogP contribution in [0.2, 0.25) is 0 Å². The van der Waals surface area contributed by atoms with E-state index in [0.717, 1.165) is 0 Å². The van der Waals surface area contributed by atoms with Gasteiger partial charge in [0.1, 0.15) is 0 Å². The molecule has 3 rings (SSSR count). The van der Waals surface area contributed by atoms with Gasteiger partial charge in [-0.2, -0.15) is 0 Å². The van der Waals surface area contributed by atoms with E-state index in [2.05, 4.69) is 10.2 Å². The summed E-state index contributed by atoms with van der Waals surface area (Å²) in [6, 6.07) is 10.8. The smallest absolute Gasteiger partial charge is 0.250 e. The maximum Gasteiger partial charge on any atom is 0.250 e. The van der Waals surface area contributed by atoms with Crippen LogP contribution in [-0.4, -0.2) is 31.5 Å². The van der Waals surface area contributed by atoms with Crippen molar-refractivity contribution in [1.82, 2.24) is 10.2 Å². The monoisotopic (exact) mass is 327 g/mol. The van der Waals surface area contributed by atoms with E-state index < -0.39 is 0 Å². The summed E-state index contributed by atoms with van der Waals surface area (Å²) in [4.78, 5) is 0. The van der Waals surface area contributed by atoms with Crippen molar-refractivity contribution in [2.45, 2.75) is 0 Å². The van der Waals surface area contributed by atoms with Gasteiger partial charge in [0, 0.05) is 11.3 Å². The summed E-state index contributed by atoms with van der Waals surface area (Å²) in [7, 11) is 4.64. The third-order valence-electron chi connectivity index (χ3n) is 3.53. The van der Waals surface area contributed by atoms with E-state index in [-0.39, 0.29) is 0 Å². The summed E-state index contributed by atoms with van der Waals surface area (Å²) in [5.74, 6) is 2.18. The van der Waals surface area contributed by atoms with E-state index in [0.29, 0.717) is 45.8 Å². The molecule has 2 N–H and O–H groups in total. The minimum atomic E-state index is 0.326. The van der Waals surface area contributed by atoms with Crippen LogP contribution in [0.1, 0.15) is 0 Å². The molecule has 0 fully saturated rings. The molecule has 7 heteroatoms. The van der Waals surface area contributed by atoms with Crippen molar-refractivity contribution < 1.29 is 18.6 Å². The molecule has 2 aromatic carbocycles. The number of rotatable bonds is 5. The molecule has 1 heterocycles. The van der Waals surface area contributed by atoms with Gasteiger partial charge in [-0.1, -0.05) is 12.1 Å². The van der Waals surface area contributed by atoms with Crippen molar-refractivity contribution in [3.8, 4) is 40.2 Å². The highest BCUT2D eigenvalue weighted by atomic mass is 16.5. The third kappa shape index (κ3) is 2.71. The first kappa shape index (κ1) is 15.7. The van der Waals surface area contributed by atoms with Crippen LogP contribution < -0.4 is 19.9 Å². The molecule has 0 unspecified atom stereocenters. The summed E-state index contributed by atoms with van der Waals surface area (Å²) >= 11 is 0. The molecule has 0 spiro atoms. The van der Waals surface area contributed by atoms with Gasteiger partial charge in [0.2, 0.25) is 17.5 Å². The topological polar surface area (TPSA) is 92.6 Å². The van der Waals surface area contributed by atoms with Crippen molar-refractivity contribution in [3.05, 3.63) is 36.4 Å². The maximum absolute atomic E-state index is 5.95. The van der Waals surface area contributed by atoms with Crippen LogP contribution in [0.15, 0.2) is 40.8 Å². The normalized spacial score (nSPS) is 10.5. The molecule has 0 bridgehead atoms. The molecule has 0 radical (unpaired) electrons. The van der Waals surface area contributed by atoms with Crippen molar-refractivity contribution in [2.24, 2.45) is 0 Å². The lowest BCUT2D eigenvalue weighted by Gasteiger charge is -2.12. The molecule has 1 aromatic heterocycles.